The van der Waals surface area contributed by atoms with Crippen molar-refractivity contribution in [2.45, 2.75) is 63.8 Å². The number of hydrogen-bond acceptors (Lipinski definition) is 7. The van der Waals surface area contributed by atoms with E-state index in [1.165, 1.54) is 22.1 Å². The normalized spacial score (nSPS) is 22.6. The Balaban J connectivity index is 1.14. The minimum absolute atomic E-state index is 0.0310. The van der Waals surface area contributed by atoms with E-state index in [-0.39, 0.29) is 34.9 Å². The average Bonchev–Trinajstić information content (AvgIpc) is 3.87. The number of alkyl halides is 2. The highest BCUT2D eigenvalue weighted by Gasteiger charge is 2.65. The van der Waals surface area contributed by atoms with E-state index in [1.807, 2.05) is 4.57 Å². The van der Waals surface area contributed by atoms with Crippen LogP contribution in [0.3, 0.4) is 0 Å². The number of aryl methyl sites for hydroxylation is 2. The molecule has 3 saturated carbocycles. The van der Waals surface area contributed by atoms with Crippen LogP contribution in [0.4, 0.5) is 25.5 Å². The van der Waals surface area contributed by atoms with Gasteiger partial charge in [-0.2, -0.15) is 5.10 Å². The van der Waals surface area contributed by atoms with Crippen LogP contribution in [-0.2, 0) is 24.7 Å². The van der Waals surface area contributed by atoms with Gasteiger partial charge in [0, 0.05) is 36.5 Å². The number of hydrogen-bond donors (Lipinski definition) is 3. The zero-order chi connectivity index (χ0) is 26.9. The van der Waals surface area contributed by atoms with Gasteiger partial charge in [0.1, 0.15) is 22.8 Å². The molecule has 0 aliphatic heterocycles. The standard InChI is InChI=1S/C26H30F2N8O2S/c1-35-19(9-17(34-35)21(27)28)31-25-33-30-12-36(25)14-4-5-18-15(8-14)20(23(38)29-11-13-2-3-13)24(39-18)32-22(37)16-10-26(16)6-7-26/h9,12-14,16,21H,2-8,10-11H2,1H3,(H,29,38)(H,31,33)(H,32,37). The van der Waals surface area contributed by atoms with Gasteiger partial charge in [-0.25, -0.2) is 8.78 Å². The minimum Gasteiger partial charge on any atom is -0.352 e. The fourth-order valence-corrected chi connectivity index (χ4v) is 7.08. The molecule has 4 aliphatic rings. The number of thiophene rings is 1. The summed E-state index contributed by atoms with van der Waals surface area (Å²) in [6.45, 7) is 0.650. The molecule has 0 saturated heterocycles. The first-order chi connectivity index (χ1) is 18.8. The molecular formula is C26H30F2N8O2S. The number of anilines is 3. The Morgan fingerprint density at radius 2 is 2.08 bits per heavy atom. The summed E-state index contributed by atoms with van der Waals surface area (Å²) in [7, 11) is 1.59. The maximum atomic E-state index is 13.5. The summed E-state index contributed by atoms with van der Waals surface area (Å²) in [5.74, 6) is 1.30. The lowest BCUT2D eigenvalue weighted by molar-refractivity contribution is -0.117. The second kappa shape index (κ2) is 9.10. The van der Waals surface area contributed by atoms with Crippen molar-refractivity contribution in [2.75, 3.05) is 17.2 Å². The van der Waals surface area contributed by atoms with E-state index in [4.69, 9.17) is 0 Å². The van der Waals surface area contributed by atoms with Crippen molar-refractivity contribution in [3.63, 3.8) is 0 Å². The van der Waals surface area contributed by atoms with Crippen LogP contribution < -0.4 is 16.0 Å². The van der Waals surface area contributed by atoms with Crippen LogP contribution >= 0.6 is 11.3 Å². The third-order valence-corrected chi connectivity index (χ3v) is 9.88. The van der Waals surface area contributed by atoms with Gasteiger partial charge < -0.3 is 16.0 Å². The maximum Gasteiger partial charge on any atom is 0.282 e. The number of nitrogens with one attached hydrogen (secondary N) is 3. The number of rotatable bonds is 9. The number of amides is 2. The Morgan fingerprint density at radius 3 is 2.77 bits per heavy atom. The maximum absolute atomic E-state index is 13.5. The molecule has 39 heavy (non-hydrogen) atoms. The monoisotopic (exact) mass is 556 g/mol. The quantitative estimate of drug-likeness (QED) is 0.360. The molecule has 2 atom stereocenters. The molecule has 0 bridgehead atoms. The molecule has 2 amide bonds. The molecule has 4 aliphatic carbocycles. The van der Waals surface area contributed by atoms with Gasteiger partial charge in [0.2, 0.25) is 11.9 Å². The Labute approximate surface area is 227 Å². The van der Waals surface area contributed by atoms with E-state index in [2.05, 4.69) is 31.2 Å². The fraction of sp³-hybridized carbons (Fsp3) is 0.577. The minimum atomic E-state index is -2.67. The predicted molar refractivity (Wildman–Crippen MR) is 140 cm³/mol. The zero-order valence-corrected chi connectivity index (χ0v) is 22.4. The molecule has 13 heteroatoms. The van der Waals surface area contributed by atoms with E-state index in [9.17, 15) is 18.4 Å². The first kappa shape index (κ1) is 24.7. The third kappa shape index (κ3) is 4.60. The van der Waals surface area contributed by atoms with Crippen LogP contribution in [0.25, 0.3) is 0 Å². The Kier molecular flexibility index (Phi) is 5.76. The number of aromatic nitrogens is 5. The second-order valence-corrected chi connectivity index (χ2v) is 12.5. The number of carbonyl (C=O) groups is 2. The molecule has 206 valence electrons. The highest BCUT2D eigenvalue weighted by molar-refractivity contribution is 7.17. The summed E-state index contributed by atoms with van der Waals surface area (Å²) in [6.07, 6.45) is 6.52. The lowest BCUT2D eigenvalue weighted by Crippen LogP contribution is -2.29. The summed E-state index contributed by atoms with van der Waals surface area (Å²) in [5, 5.41) is 22.1. The van der Waals surface area contributed by atoms with Crippen molar-refractivity contribution in [3.8, 4) is 0 Å². The Morgan fingerprint density at radius 1 is 1.26 bits per heavy atom. The lowest BCUT2D eigenvalue weighted by atomic mass is 9.91. The van der Waals surface area contributed by atoms with Crippen molar-refractivity contribution in [2.24, 2.45) is 24.3 Å². The topological polar surface area (TPSA) is 119 Å². The molecule has 3 N–H and O–H groups in total. The van der Waals surface area contributed by atoms with Crippen LogP contribution in [0, 0.1) is 17.3 Å². The first-order valence-electron chi connectivity index (χ1n) is 13.5. The van der Waals surface area contributed by atoms with E-state index in [0.717, 1.165) is 55.4 Å². The van der Waals surface area contributed by atoms with Crippen molar-refractivity contribution >= 4 is 39.9 Å². The molecule has 0 aromatic carbocycles. The third-order valence-electron chi connectivity index (χ3n) is 8.67. The van der Waals surface area contributed by atoms with Crippen LogP contribution in [0.15, 0.2) is 12.4 Å². The summed E-state index contributed by atoms with van der Waals surface area (Å²) < 4.78 is 29.5. The zero-order valence-electron chi connectivity index (χ0n) is 21.5. The van der Waals surface area contributed by atoms with Gasteiger partial charge in [0.25, 0.3) is 12.3 Å². The van der Waals surface area contributed by atoms with Crippen molar-refractivity contribution in [1.29, 1.82) is 0 Å². The Hall–Kier alpha value is -3.35. The molecule has 0 radical (unpaired) electrons. The molecule has 7 rings (SSSR count). The predicted octanol–water partition coefficient (Wildman–Crippen LogP) is 4.36. The van der Waals surface area contributed by atoms with Crippen molar-refractivity contribution in [3.05, 3.63) is 34.1 Å². The molecule has 3 aromatic heterocycles. The molecule has 1 spiro atoms. The van der Waals surface area contributed by atoms with Gasteiger partial charge in [-0.3, -0.25) is 18.8 Å². The van der Waals surface area contributed by atoms with E-state index in [0.29, 0.717) is 41.2 Å². The van der Waals surface area contributed by atoms with E-state index < -0.39 is 6.43 Å². The number of nitrogens with zero attached hydrogens (tertiary/aromatic N) is 5. The molecule has 3 heterocycles. The first-order valence-corrected chi connectivity index (χ1v) is 14.3. The van der Waals surface area contributed by atoms with E-state index >= 15 is 0 Å². The molecule has 3 fully saturated rings. The summed E-state index contributed by atoms with van der Waals surface area (Å²) in [5.41, 5.74) is 1.45. The number of halogens is 2. The van der Waals surface area contributed by atoms with Gasteiger partial charge in [-0.1, -0.05) is 0 Å². The van der Waals surface area contributed by atoms with Gasteiger partial charge in [-0.15, -0.1) is 21.5 Å². The largest absolute Gasteiger partial charge is 0.352 e. The molecule has 3 aromatic rings. The van der Waals surface area contributed by atoms with Gasteiger partial charge >= 0.3 is 0 Å². The average molecular weight is 557 g/mol. The summed E-state index contributed by atoms with van der Waals surface area (Å²) >= 11 is 1.52. The van der Waals surface area contributed by atoms with E-state index in [1.54, 1.807) is 13.4 Å². The number of fused-ring (bicyclic) bond motifs is 1. The molecule has 10 nitrogen and oxygen atoms in total. The lowest BCUT2D eigenvalue weighted by Gasteiger charge is -2.25. The smallest absolute Gasteiger partial charge is 0.282 e. The molecule has 2 unspecified atom stereocenters. The fourth-order valence-electron chi connectivity index (χ4n) is 5.84. The van der Waals surface area contributed by atoms with Crippen LogP contribution in [-0.4, -0.2) is 42.9 Å². The van der Waals surface area contributed by atoms with Crippen LogP contribution in [0.2, 0.25) is 0 Å². The highest BCUT2D eigenvalue weighted by atomic mass is 32.1. The van der Waals surface area contributed by atoms with Gasteiger partial charge in [0.15, 0.2) is 0 Å². The van der Waals surface area contributed by atoms with Gasteiger partial charge in [-0.05, 0) is 68.3 Å². The van der Waals surface area contributed by atoms with Crippen LogP contribution in [0.5, 0.6) is 0 Å². The SMILES string of the molecule is Cn1nc(C(F)F)cc1Nc1nncn1C1CCc2sc(NC(=O)C3CC34CC4)c(C(=O)NCC3CC3)c2C1. The second-order valence-electron chi connectivity index (χ2n) is 11.4. The van der Waals surface area contributed by atoms with Gasteiger partial charge in [0.05, 0.1) is 5.56 Å². The molecular weight excluding hydrogens is 526 g/mol. The highest BCUT2D eigenvalue weighted by Crippen LogP contribution is 2.70. The number of carbonyl (C=O) groups excluding carboxylic acids is 2. The summed E-state index contributed by atoms with van der Waals surface area (Å²) in [6, 6.07) is 1.24. The Bertz CT molecular complexity index is 1450. The van der Waals surface area contributed by atoms with Crippen molar-refractivity contribution < 1.29 is 18.4 Å². The van der Waals surface area contributed by atoms with Crippen LogP contribution in [0.1, 0.15) is 77.5 Å². The van der Waals surface area contributed by atoms with Crippen molar-refractivity contribution in [1.82, 2.24) is 29.9 Å². The summed E-state index contributed by atoms with van der Waals surface area (Å²) in [4.78, 5) is 27.6.